The molecular formula is C16H20BrFN2O. The average molecular weight is 355 g/mol. The summed E-state index contributed by atoms with van der Waals surface area (Å²) in [4.78, 5) is 0. The number of halogens is 2. The van der Waals surface area contributed by atoms with Gasteiger partial charge in [-0.2, -0.15) is 5.10 Å². The SMILES string of the molecule is Cn1cc(C(O)Cc2cc(Br)ccc2F)c(C(C)(C)C)n1. The van der Waals surface area contributed by atoms with E-state index in [1.807, 2.05) is 27.8 Å². The van der Waals surface area contributed by atoms with Crippen LogP contribution in [-0.4, -0.2) is 14.9 Å². The lowest BCUT2D eigenvalue weighted by Crippen LogP contribution is -2.17. The van der Waals surface area contributed by atoms with Gasteiger partial charge in [-0.25, -0.2) is 4.39 Å². The van der Waals surface area contributed by atoms with Gasteiger partial charge in [-0.05, 0) is 23.8 Å². The van der Waals surface area contributed by atoms with Gasteiger partial charge in [0.15, 0.2) is 0 Å². The fourth-order valence-electron chi connectivity index (χ4n) is 2.35. The summed E-state index contributed by atoms with van der Waals surface area (Å²) in [6.45, 7) is 6.14. The fraction of sp³-hybridized carbons (Fsp3) is 0.438. The molecule has 1 aromatic heterocycles. The molecule has 1 heterocycles. The highest BCUT2D eigenvalue weighted by Gasteiger charge is 2.26. The van der Waals surface area contributed by atoms with E-state index >= 15 is 0 Å². The second-order valence-electron chi connectivity index (χ2n) is 6.31. The van der Waals surface area contributed by atoms with Gasteiger partial charge in [-0.1, -0.05) is 36.7 Å². The highest BCUT2D eigenvalue weighted by Crippen LogP contribution is 2.30. The lowest BCUT2D eigenvalue weighted by Gasteiger charge is -2.20. The molecule has 0 aliphatic carbocycles. The smallest absolute Gasteiger partial charge is 0.126 e. The Morgan fingerprint density at radius 2 is 2.05 bits per heavy atom. The van der Waals surface area contributed by atoms with Crippen molar-refractivity contribution in [1.82, 2.24) is 9.78 Å². The second-order valence-corrected chi connectivity index (χ2v) is 7.23. The first-order chi connectivity index (χ1) is 9.68. The van der Waals surface area contributed by atoms with Crippen LogP contribution in [0.5, 0.6) is 0 Å². The lowest BCUT2D eigenvalue weighted by molar-refractivity contribution is 0.174. The molecule has 0 bridgehead atoms. The summed E-state index contributed by atoms with van der Waals surface area (Å²) in [5.74, 6) is -0.307. The van der Waals surface area contributed by atoms with Crippen molar-refractivity contribution >= 4 is 15.9 Å². The first-order valence-electron chi connectivity index (χ1n) is 6.84. The highest BCUT2D eigenvalue weighted by atomic mass is 79.9. The minimum atomic E-state index is -0.781. The standard InChI is InChI=1S/C16H20BrFN2O/c1-16(2,3)15-12(9-20(4)19-15)14(21)8-10-7-11(17)5-6-13(10)18/h5-7,9,14,21H,8H2,1-4H3. The monoisotopic (exact) mass is 354 g/mol. The molecule has 0 aliphatic heterocycles. The Balaban J connectivity index is 2.33. The van der Waals surface area contributed by atoms with E-state index in [2.05, 4.69) is 21.0 Å². The van der Waals surface area contributed by atoms with Crippen molar-refractivity contribution in [1.29, 1.82) is 0 Å². The first-order valence-corrected chi connectivity index (χ1v) is 7.64. The van der Waals surface area contributed by atoms with E-state index in [0.29, 0.717) is 5.56 Å². The van der Waals surface area contributed by atoms with Gasteiger partial charge in [0, 0.05) is 35.1 Å². The number of rotatable bonds is 3. The van der Waals surface area contributed by atoms with E-state index in [-0.39, 0.29) is 17.7 Å². The van der Waals surface area contributed by atoms with Crippen LogP contribution in [-0.2, 0) is 18.9 Å². The molecule has 0 fully saturated rings. The Morgan fingerprint density at radius 1 is 1.38 bits per heavy atom. The molecule has 5 heteroatoms. The van der Waals surface area contributed by atoms with Crippen molar-refractivity contribution < 1.29 is 9.50 Å². The Bertz CT molecular complexity index is 646. The Hall–Kier alpha value is -1.20. The van der Waals surface area contributed by atoms with E-state index in [9.17, 15) is 9.50 Å². The van der Waals surface area contributed by atoms with Crippen LogP contribution in [0.25, 0.3) is 0 Å². The van der Waals surface area contributed by atoms with Gasteiger partial charge in [-0.15, -0.1) is 0 Å². The summed E-state index contributed by atoms with van der Waals surface area (Å²) in [5, 5.41) is 14.9. The molecule has 0 amide bonds. The molecule has 1 N–H and O–H groups in total. The molecule has 1 atom stereocenters. The number of hydrogen-bond donors (Lipinski definition) is 1. The summed E-state index contributed by atoms with van der Waals surface area (Å²) < 4.78 is 16.3. The molecule has 2 aromatic rings. The van der Waals surface area contributed by atoms with Crippen molar-refractivity contribution in [3.63, 3.8) is 0 Å². The molecule has 2 rings (SSSR count). The van der Waals surface area contributed by atoms with Crippen LogP contribution in [0.4, 0.5) is 4.39 Å². The normalized spacial score (nSPS) is 13.5. The minimum absolute atomic E-state index is 0.173. The number of aromatic nitrogens is 2. The van der Waals surface area contributed by atoms with Crippen molar-refractivity contribution in [2.75, 3.05) is 0 Å². The van der Waals surface area contributed by atoms with Gasteiger partial charge < -0.3 is 5.11 Å². The van der Waals surface area contributed by atoms with Crippen molar-refractivity contribution in [3.8, 4) is 0 Å². The molecule has 3 nitrogen and oxygen atoms in total. The number of benzene rings is 1. The average Bonchev–Trinajstić information content (AvgIpc) is 2.76. The molecule has 1 aromatic carbocycles. The van der Waals surface area contributed by atoms with Gasteiger partial charge >= 0.3 is 0 Å². The number of hydrogen-bond acceptors (Lipinski definition) is 2. The Morgan fingerprint density at radius 3 is 2.67 bits per heavy atom. The third-order valence-corrected chi connectivity index (χ3v) is 3.84. The molecule has 21 heavy (non-hydrogen) atoms. The largest absolute Gasteiger partial charge is 0.388 e. The van der Waals surface area contributed by atoms with Gasteiger partial charge in [-0.3, -0.25) is 4.68 Å². The lowest BCUT2D eigenvalue weighted by atomic mass is 9.87. The zero-order valence-corrected chi connectivity index (χ0v) is 14.3. The number of aliphatic hydroxyl groups excluding tert-OH is 1. The van der Waals surface area contributed by atoms with E-state index in [0.717, 1.165) is 15.7 Å². The summed E-state index contributed by atoms with van der Waals surface area (Å²) in [7, 11) is 1.82. The van der Waals surface area contributed by atoms with Gasteiger partial charge in [0.25, 0.3) is 0 Å². The Kier molecular flexibility index (Phi) is 4.54. The maximum absolute atomic E-state index is 13.8. The molecule has 0 aliphatic rings. The summed E-state index contributed by atoms with van der Waals surface area (Å²) in [5.41, 5.74) is 1.91. The van der Waals surface area contributed by atoms with E-state index in [1.165, 1.54) is 6.07 Å². The van der Waals surface area contributed by atoms with Crippen LogP contribution in [0.1, 0.15) is 43.7 Å². The minimum Gasteiger partial charge on any atom is -0.388 e. The van der Waals surface area contributed by atoms with E-state index < -0.39 is 6.10 Å². The van der Waals surface area contributed by atoms with E-state index in [4.69, 9.17) is 0 Å². The summed E-state index contributed by atoms with van der Waals surface area (Å²) >= 11 is 3.33. The number of nitrogens with zero attached hydrogens (tertiary/aromatic N) is 2. The van der Waals surface area contributed by atoms with Gasteiger partial charge in [0.05, 0.1) is 11.8 Å². The molecule has 0 radical (unpaired) electrons. The molecule has 0 spiro atoms. The van der Waals surface area contributed by atoms with Crippen molar-refractivity contribution in [2.24, 2.45) is 7.05 Å². The molecule has 114 valence electrons. The first kappa shape index (κ1) is 16.2. The third-order valence-electron chi connectivity index (χ3n) is 3.35. The van der Waals surface area contributed by atoms with Crippen LogP contribution < -0.4 is 0 Å². The topological polar surface area (TPSA) is 38.0 Å². The third kappa shape index (κ3) is 3.71. The van der Waals surface area contributed by atoms with Crippen molar-refractivity contribution in [3.05, 3.63) is 51.5 Å². The van der Waals surface area contributed by atoms with E-state index in [1.54, 1.807) is 23.0 Å². The number of aryl methyl sites for hydroxylation is 1. The van der Waals surface area contributed by atoms with Gasteiger partial charge in [0.2, 0.25) is 0 Å². The molecule has 0 saturated carbocycles. The number of aliphatic hydroxyl groups is 1. The zero-order valence-electron chi connectivity index (χ0n) is 12.7. The molecular weight excluding hydrogens is 335 g/mol. The maximum Gasteiger partial charge on any atom is 0.126 e. The second kappa shape index (κ2) is 5.89. The highest BCUT2D eigenvalue weighted by molar-refractivity contribution is 9.10. The summed E-state index contributed by atoms with van der Waals surface area (Å²) in [6.07, 6.45) is 1.25. The fourth-order valence-corrected chi connectivity index (χ4v) is 2.76. The van der Waals surface area contributed by atoms with Crippen molar-refractivity contribution in [2.45, 2.75) is 38.7 Å². The summed E-state index contributed by atoms with van der Waals surface area (Å²) in [6, 6.07) is 4.75. The van der Waals surface area contributed by atoms with Crippen LogP contribution in [0.3, 0.4) is 0 Å². The zero-order chi connectivity index (χ0) is 15.8. The van der Waals surface area contributed by atoms with Crippen LogP contribution in [0, 0.1) is 5.82 Å². The predicted octanol–water partition coefficient (Wildman–Crippen LogP) is 3.90. The quantitative estimate of drug-likeness (QED) is 0.907. The predicted molar refractivity (Wildman–Crippen MR) is 84.7 cm³/mol. The van der Waals surface area contributed by atoms with Crippen LogP contribution >= 0.6 is 15.9 Å². The van der Waals surface area contributed by atoms with Crippen LogP contribution in [0.2, 0.25) is 0 Å². The van der Waals surface area contributed by atoms with Crippen LogP contribution in [0.15, 0.2) is 28.9 Å². The molecule has 1 unspecified atom stereocenters. The Labute approximate surface area is 132 Å². The maximum atomic E-state index is 13.8. The van der Waals surface area contributed by atoms with Gasteiger partial charge in [0.1, 0.15) is 5.82 Å². The molecule has 0 saturated heterocycles.